The molecule has 0 amide bonds. The molecular formula is C27H37N3O4S. The number of likely N-dealkylation sites (N-methyl/N-ethyl adjacent to an activating group) is 1. The van der Waals surface area contributed by atoms with Crippen LogP contribution in [-0.2, 0) is 16.6 Å². The highest BCUT2D eigenvalue weighted by Gasteiger charge is 2.38. The average molecular weight is 500 g/mol. The first-order valence-corrected chi connectivity index (χ1v) is 13.6. The Morgan fingerprint density at radius 1 is 1.29 bits per heavy atom. The maximum atomic E-state index is 13.6. The summed E-state index contributed by atoms with van der Waals surface area (Å²) in [5, 5.41) is 9.81. The number of sulfonamides is 1. The number of benzene rings is 1. The molecule has 2 heterocycles. The number of aliphatic hydroxyl groups excluding tert-OH is 1. The van der Waals surface area contributed by atoms with Crippen LogP contribution in [0.5, 0.6) is 5.75 Å². The molecule has 0 fully saturated rings. The van der Waals surface area contributed by atoms with E-state index in [0.717, 1.165) is 17.5 Å². The summed E-state index contributed by atoms with van der Waals surface area (Å²) in [5.41, 5.74) is 1.81. The van der Waals surface area contributed by atoms with Crippen LogP contribution in [0, 0.1) is 23.7 Å². The Hall–Kier alpha value is -2.44. The number of ether oxygens (including phenoxy) is 1. The first-order chi connectivity index (χ1) is 16.6. The molecule has 2 aromatic rings. The Balaban J connectivity index is 1.97. The zero-order chi connectivity index (χ0) is 25.6. The van der Waals surface area contributed by atoms with Crippen LogP contribution in [0.3, 0.4) is 0 Å². The van der Waals surface area contributed by atoms with Crippen LogP contribution in [0.15, 0.2) is 47.6 Å². The summed E-state index contributed by atoms with van der Waals surface area (Å²) in [5.74, 6) is 6.95. The van der Waals surface area contributed by atoms with Crippen molar-refractivity contribution in [3.05, 3.63) is 53.9 Å². The van der Waals surface area contributed by atoms with Crippen molar-refractivity contribution in [3.8, 4) is 17.6 Å². The molecule has 0 aliphatic carbocycles. The largest absolute Gasteiger partial charge is 0.487 e. The highest BCUT2D eigenvalue weighted by atomic mass is 32.2. The van der Waals surface area contributed by atoms with Crippen molar-refractivity contribution >= 4 is 10.0 Å². The van der Waals surface area contributed by atoms with E-state index >= 15 is 0 Å². The van der Waals surface area contributed by atoms with Crippen LogP contribution in [-0.4, -0.2) is 66.6 Å². The van der Waals surface area contributed by atoms with Crippen molar-refractivity contribution < 1.29 is 18.3 Å². The second-order valence-electron chi connectivity index (χ2n) is 9.86. The lowest BCUT2D eigenvalue weighted by Gasteiger charge is -2.37. The van der Waals surface area contributed by atoms with E-state index in [1.807, 2.05) is 32.3 Å². The fourth-order valence-corrected chi connectivity index (χ4v) is 5.88. The highest BCUT2D eigenvalue weighted by molar-refractivity contribution is 7.89. The molecule has 0 radical (unpaired) electrons. The predicted molar refractivity (Wildman–Crippen MR) is 137 cm³/mol. The van der Waals surface area contributed by atoms with Crippen LogP contribution in [0.1, 0.15) is 45.2 Å². The molecule has 190 valence electrons. The molecule has 1 aromatic heterocycles. The molecular weight excluding hydrogens is 462 g/mol. The van der Waals surface area contributed by atoms with Gasteiger partial charge in [-0.25, -0.2) is 8.42 Å². The SMILES string of the molecule is CC(C)CC#Cc1ccc2c(c1)O[C@@H](CN(C)Cc1cccnc1)[C@@H](C)CN([C@@H](C)CO)S2(=O)=O. The number of aromatic nitrogens is 1. The van der Waals surface area contributed by atoms with Crippen LogP contribution in [0.4, 0.5) is 0 Å². The number of hydrogen-bond donors (Lipinski definition) is 1. The number of aliphatic hydroxyl groups is 1. The van der Waals surface area contributed by atoms with Gasteiger partial charge in [-0.05, 0) is 49.7 Å². The smallest absolute Gasteiger partial charge is 0.247 e. The average Bonchev–Trinajstić information content (AvgIpc) is 2.81. The molecule has 0 saturated carbocycles. The fourth-order valence-electron chi connectivity index (χ4n) is 4.05. The van der Waals surface area contributed by atoms with Crippen molar-refractivity contribution in [2.75, 3.05) is 26.7 Å². The minimum atomic E-state index is -3.86. The third kappa shape index (κ3) is 7.05. The van der Waals surface area contributed by atoms with Crippen molar-refractivity contribution in [1.29, 1.82) is 0 Å². The summed E-state index contributed by atoms with van der Waals surface area (Å²) in [7, 11) is -1.84. The highest BCUT2D eigenvalue weighted by Crippen LogP contribution is 2.34. The van der Waals surface area contributed by atoms with Crippen LogP contribution in [0.2, 0.25) is 0 Å². The molecule has 0 spiro atoms. The Morgan fingerprint density at radius 2 is 2.06 bits per heavy atom. The van der Waals surface area contributed by atoms with Crippen molar-refractivity contribution in [2.24, 2.45) is 11.8 Å². The zero-order valence-electron chi connectivity index (χ0n) is 21.3. The Labute approximate surface area is 210 Å². The van der Waals surface area contributed by atoms with Gasteiger partial charge in [0, 0.05) is 56.0 Å². The molecule has 1 aliphatic rings. The molecule has 35 heavy (non-hydrogen) atoms. The van der Waals surface area contributed by atoms with Crippen molar-refractivity contribution in [1.82, 2.24) is 14.2 Å². The van der Waals surface area contributed by atoms with Crippen LogP contribution < -0.4 is 4.74 Å². The molecule has 0 saturated heterocycles. The quantitative estimate of drug-likeness (QED) is 0.588. The number of fused-ring (bicyclic) bond motifs is 1. The van der Waals surface area contributed by atoms with E-state index in [2.05, 4.69) is 35.6 Å². The zero-order valence-corrected chi connectivity index (χ0v) is 22.1. The van der Waals surface area contributed by atoms with E-state index in [9.17, 15) is 13.5 Å². The van der Waals surface area contributed by atoms with Gasteiger partial charge < -0.3 is 9.84 Å². The summed E-state index contributed by atoms with van der Waals surface area (Å²) in [6.07, 6.45) is 4.09. The van der Waals surface area contributed by atoms with E-state index in [1.54, 1.807) is 31.3 Å². The summed E-state index contributed by atoms with van der Waals surface area (Å²) in [4.78, 5) is 6.45. The van der Waals surface area contributed by atoms with Gasteiger partial charge in [0.1, 0.15) is 16.7 Å². The summed E-state index contributed by atoms with van der Waals surface area (Å²) >= 11 is 0. The molecule has 3 atom stereocenters. The first-order valence-electron chi connectivity index (χ1n) is 12.1. The van der Waals surface area contributed by atoms with Gasteiger partial charge in [-0.1, -0.05) is 38.7 Å². The lowest BCUT2D eigenvalue weighted by Crippen LogP contribution is -2.49. The Morgan fingerprint density at radius 3 is 2.71 bits per heavy atom. The van der Waals surface area contributed by atoms with Crippen LogP contribution in [0.25, 0.3) is 0 Å². The van der Waals surface area contributed by atoms with Gasteiger partial charge in [0.2, 0.25) is 10.0 Å². The lowest BCUT2D eigenvalue weighted by atomic mass is 10.0. The normalized spacial score (nSPS) is 20.8. The number of nitrogens with zero attached hydrogens (tertiary/aromatic N) is 3. The van der Waals surface area contributed by atoms with E-state index < -0.39 is 16.1 Å². The van der Waals surface area contributed by atoms with E-state index in [0.29, 0.717) is 24.8 Å². The topological polar surface area (TPSA) is 83.0 Å². The summed E-state index contributed by atoms with van der Waals surface area (Å²) in [6, 6.07) is 8.42. The first kappa shape index (κ1) is 27.2. The van der Waals surface area contributed by atoms with E-state index in [-0.39, 0.29) is 30.1 Å². The third-order valence-corrected chi connectivity index (χ3v) is 8.10. The second kappa shape index (κ2) is 12.0. The van der Waals surface area contributed by atoms with Crippen molar-refractivity contribution in [3.63, 3.8) is 0 Å². The molecule has 1 aliphatic heterocycles. The second-order valence-corrected chi connectivity index (χ2v) is 11.7. The maximum absolute atomic E-state index is 13.6. The Bertz CT molecular complexity index is 1140. The Kier molecular flexibility index (Phi) is 9.31. The van der Waals surface area contributed by atoms with E-state index in [1.165, 1.54) is 4.31 Å². The van der Waals surface area contributed by atoms with Gasteiger partial charge in [0.25, 0.3) is 0 Å². The van der Waals surface area contributed by atoms with Gasteiger partial charge in [0.15, 0.2) is 0 Å². The van der Waals surface area contributed by atoms with Gasteiger partial charge in [0.05, 0.1) is 6.61 Å². The van der Waals surface area contributed by atoms with Gasteiger partial charge in [-0.2, -0.15) is 4.31 Å². The molecule has 3 rings (SSSR count). The monoisotopic (exact) mass is 499 g/mol. The summed E-state index contributed by atoms with van der Waals surface area (Å²) < 4.78 is 35.0. The van der Waals surface area contributed by atoms with Crippen molar-refractivity contribution in [2.45, 2.75) is 57.7 Å². The molecule has 0 unspecified atom stereocenters. The molecule has 0 bridgehead atoms. The lowest BCUT2D eigenvalue weighted by molar-refractivity contribution is 0.0733. The van der Waals surface area contributed by atoms with Crippen LogP contribution >= 0.6 is 0 Å². The van der Waals surface area contributed by atoms with Gasteiger partial charge in [-0.3, -0.25) is 9.88 Å². The van der Waals surface area contributed by atoms with Gasteiger partial charge in [-0.15, -0.1) is 0 Å². The molecule has 1 aromatic carbocycles. The summed E-state index contributed by atoms with van der Waals surface area (Å²) in [6.45, 7) is 9.22. The number of hydrogen-bond acceptors (Lipinski definition) is 6. The van der Waals surface area contributed by atoms with Gasteiger partial charge >= 0.3 is 0 Å². The fraction of sp³-hybridized carbons (Fsp3) is 0.519. The molecule has 7 nitrogen and oxygen atoms in total. The minimum absolute atomic E-state index is 0.110. The molecule has 1 N–H and O–H groups in total. The van der Waals surface area contributed by atoms with E-state index in [4.69, 9.17) is 4.74 Å². The minimum Gasteiger partial charge on any atom is -0.487 e. The standard InChI is InChI=1S/C27H37N3O4S/c1-20(2)8-6-9-23-11-12-27-25(14-23)34-26(18-29(5)17-24-10-7-13-28-15-24)21(3)16-30(22(4)19-31)35(27,32)33/h7,10-15,20-22,26,31H,8,16-19H2,1-5H3/t21-,22-,26-/m0/s1. The number of rotatable bonds is 7. The maximum Gasteiger partial charge on any atom is 0.247 e. The predicted octanol–water partition coefficient (Wildman–Crippen LogP) is 3.38. The third-order valence-electron chi connectivity index (χ3n) is 6.08. The number of pyridine rings is 1. The molecule has 8 heteroatoms.